The highest BCUT2D eigenvalue weighted by molar-refractivity contribution is 5.94. The van der Waals surface area contributed by atoms with Gasteiger partial charge in [-0.1, -0.05) is 30.3 Å². The molecule has 0 bridgehead atoms. The molecule has 1 aliphatic rings. The lowest BCUT2D eigenvalue weighted by atomic mass is 10.1. The Balaban J connectivity index is 1.42. The smallest absolute Gasteiger partial charge is 0.251 e. The number of methoxy groups -OCH3 is 1. The van der Waals surface area contributed by atoms with Crippen LogP contribution >= 0.6 is 0 Å². The van der Waals surface area contributed by atoms with Gasteiger partial charge >= 0.3 is 0 Å². The highest BCUT2D eigenvalue weighted by Crippen LogP contribution is 2.21. The molecular formula is C20H22N2O3. The number of carbonyl (C=O) groups is 2. The molecular weight excluding hydrogens is 316 g/mol. The second-order valence-corrected chi connectivity index (χ2v) is 6.18. The van der Waals surface area contributed by atoms with E-state index in [4.69, 9.17) is 4.74 Å². The molecule has 130 valence electrons. The van der Waals surface area contributed by atoms with Gasteiger partial charge in [0.05, 0.1) is 7.11 Å². The van der Waals surface area contributed by atoms with Crippen LogP contribution in [0.4, 0.5) is 0 Å². The lowest BCUT2D eigenvalue weighted by Gasteiger charge is -2.12. The van der Waals surface area contributed by atoms with E-state index >= 15 is 0 Å². The van der Waals surface area contributed by atoms with Crippen molar-refractivity contribution in [3.63, 3.8) is 0 Å². The minimum Gasteiger partial charge on any atom is -0.497 e. The molecule has 3 rings (SSSR count). The third-order valence-electron chi connectivity index (χ3n) is 4.39. The van der Waals surface area contributed by atoms with Crippen molar-refractivity contribution in [2.24, 2.45) is 0 Å². The highest BCUT2D eigenvalue weighted by atomic mass is 16.5. The molecule has 0 atom stereocenters. The molecule has 2 aromatic carbocycles. The van der Waals surface area contributed by atoms with E-state index in [2.05, 4.69) is 22.8 Å². The first kappa shape index (κ1) is 17.0. The normalized spacial score (nSPS) is 13.2. The summed E-state index contributed by atoms with van der Waals surface area (Å²) in [5, 5.41) is 5.82. The van der Waals surface area contributed by atoms with Gasteiger partial charge in [0, 0.05) is 24.6 Å². The van der Waals surface area contributed by atoms with E-state index in [1.165, 1.54) is 11.1 Å². The number of hydrogen-bond acceptors (Lipinski definition) is 3. The van der Waals surface area contributed by atoms with Gasteiger partial charge in [0.1, 0.15) is 5.75 Å². The van der Waals surface area contributed by atoms with E-state index in [9.17, 15) is 9.59 Å². The zero-order chi connectivity index (χ0) is 17.6. The summed E-state index contributed by atoms with van der Waals surface area (Å²) in [7, 11) is 1.56. The summed E-state index contributed by atoms with van der Waals surface area (Å²) >= 11 is 0. The van der Waals surface area contributed by atoms with E-state index < -0.39 is 0 Å². The molecule has 0 spiro atoms. The Labute approximate surface area is 147 Å². The summed E-state index contributed by atoms with van der Waals surface area (Å²) in [5.74, 6) is 0.384. The van der Waals surface area contributed by atoms with Crippen LogP contribution in [0.25, 0.3) is 0 Å². The van der Waals surface area contributed by atoms with E-state index in [0.717, 1.165) is 12.8 Å². The number of carbonyl (C=O) groups excluding carboxylic acids is 2. The van der Waals surface area contributed by atoms with Crippen LogP contribution < -0.4 is 15.4 Å². The molecule has 25 heavy (non-hydrogen) atoms. The molecule has 1 aliphatic carbocycles. The molecule has 2 amide bonds. The van der Waals surface area contributed by atoms with Gasteiger partial charge in [-0.05, 0) is 42.2 Å². The number of amides is 2. The minimum atomic E-state index is -0.208. The van der Waals surface area contributed by atoms with Gasteiger partial charge in [-0.15, -0.1) is 0 Å². The fraction of sp³-hybridized carbons (Fsp3) is 0.300. The maximum absolute atomic E-state index is 12.1. The fourth-order valence-corrected chi connectivity index (χ4v) is 3.12. The van der Waals surface area contributed by atoms with E-state index in [1.54, 1.807) is 31.4 Å². The van der Waals surface area contributed by atoms with Crippen LogP contribution in [0.5, 0.6) is 5.75 Å². The molecule has 0 aromatic heterocycles. The van der Waals surface area contributed by atoms with E-state index in [-0.39, 0.29) is 24.3 Å². The van der Waals surface area contributed by atoms with Crippen LogP contribution in [-0.2, 0) is 17.6 Å². The summed E-state index contributed by atoms with van der Waals surface area (Å²) in [6.07, 6.45) is 2.01. The van der Waals surface area contributed by atoms with Crippen molar-refractivity contribution >= 4 is 11.8 Å². The van der Waals surface area contributed by atoms with Crippen LogP contribution in [0, 0.1) is 0 Å². The third kappa shape index (κ3) is 4.38. The van der Waals surface area contributed by atoms with Crippen molar-refractivity contribution < 1.29 is 14.3 Å². The Morgan fingerprint density at radius 1 is 1.08 bits per heavy atom. The first-order valence-electron chi connectivity index (χ1n) is 8.44. The average molecular weight is 338 g/mol. The Bertz CT molecular complexity index is 748. The fourth-order valence-electron chi connectivity index (χ4n) is 3.12. The molecule has 0 fully saturated rings. The molecule has 5 nitrogen and oxygen atoms in total. The Morgan fingerprint density at radius 2 is 1.80 bits per heavy atom. The lowest BCUT2D eigenvalue weighted by Crippen LogP contribution is -2.37. The van der Waals surface area contributed by atoms with Crippen molar-refractivity contribution in [2.75, 3.05) is 13.7 Å². The zero-order valence-corrected chi connectivity index (χ0v) is 14.2. The summed E-state index contributed by atoms with van der Waals surface area (Å²) in [6, 6.07) is 15.3. The molecule has 5 heteroatoms. The first-order valence-corrected chi connectivity index (χ1v) is 8.44. The molecule has 0 heterocycles. The van der Waals surface area contributed by atoms with E-state index in [0.29, 0.717) is 17.9 Å². The largest absolute Gasteiger partial charge is 0.497 e. The van der Waals surface area contributed by atoms with Gasteiger partial charge in [0.15, 0.2) is 0 Å². The quantitative estimate of drug-likeness (QED) is 0.848. The SMILES string of the molecule is COc1cccc(C(=O)NCCC(=O)NC2Cc3ccccc3C2)c1. The Kier molecular flexibility index (Phi) is 5.33. The van der Waals surface area contributed by atoms with Gasteiger partial charge in [0.2, 0.25) is 5.91 Å². The lowest BCUT2D eigenvalue weighted by molar-refractivity contribution is -0.121. The molecule has 0 saturated heterocycles. The minimum absolute atomic E-state index is 0.0382. The Hall–Kier alpha value is -2.82. The van der Waals surface area contributed by atoms with Gasteiger partial charge < -0.3 is 15.4 Å². The van der Waals surface area contributed by atoms with Crippen molar-refractivity contribution in [3.8, 4) is 5.75 Å². The van der Waals surface area contributed by atoms with Crippen LogP contribution in [-0.4, -0.2) is 31.5 Å². The number of ether oxygens (including phenoxy) is 1. The number of fused-ring (bicyclic) bond motifs is 1. The van der Waals surface area contributed by atoms with Crippen molar-refractivity contribution in [1.29, 1.82) is 0 Å². The average Bonchev–Trinajstić information content (AvgIpc) is 3.03. The van der Waals surface area contributed by atoms with Gasteiger partial charge in [0.25, 0.3) is 5.91 Å². The van der Waals surface area contributed by atoms with Gasteiger partial charge in [-0.25, -0.2) is 0 Å². The monoisotopic (exact) mass is 338 g/mol. The zero-order valence-electron chi connectivity index (χ0n) is 14.2. The van der Waals surface area contributed by atoms with Gasteiger partial charge in [-0.3, -0.25) is 9.59 Å². The number of nitrogens with one attached hydrogen (secondary N) is 2. The molecule has 0 unspecified atom stereocenters. The standard InChI is InChI=1S/C20H22N2O3/c1-25-18-8-4-7-16(13-18)20(24)21-10-9-19(23)22-17-11-14-5-2-3-6-15(14)12-17/h2-8,13,17H,9-12H2,1H3,(H,21,24)(H,22,23). The van der Waals surface area contributed by atoms with E-state index in [1.807, 2.05) is 12.1 Å². The van der Waals surface area contributed by atoms with Crippen molar-refractivity contribution in [3.05, 3.63) is 65.2 Å². The summed E-state index contributed by atoms with van der Waals surface area (Å²) in [5.41, 5.74) is 3.13. The predicted molar refractivity (Wildman–Crippen MR) is 95.7 cm³/mol. The van der Waals surface area contributed by atoms with Crippen LogP contribution in [0.1, 0.15) is 27.9 Å². The van der Waals surface area contributed by atoms with Crippen LogP contribution in [0.2, 0.25) is 0 Å². The predicted octanol–water partition coefficient (Wildman–Crippen LogP) is 2.10. The number of hydrogen-bond donors (Lipinski definition) is 2. The third-order valence-corrected chi connectivity index (χ3v) is 4.39. The summed E-state index contributed by atoms with van der Waals surface area (Å²) in [4.78, 5) is 24.2. The number of benzene rings is 2. The number of rotatable bonds is 6. The topological polar surface area (TPSA) is 67.4 Å². The molecule has 2 aromatic rings. The van der Waals surface area contributed by atoms with Gasteiger partial charge in [-0.2, -0.15) is 0 Å². The second kappa shape index (κ2) is 7.83. The van der Waals surface area contributed by atoms with Crippen molar-refractivity contribution in [2.45, 2.75) is 25.3 Å². The van der Waals surface area contributed by atoms with Crippen LogP contribution in [0.3, 0.4) is 0 Å². The molecule has 2 N–H and O–H groups in total. The highest BCUT2D eigenvalue weighted by Gasteiger charge is 2.22. The molecule has 0 aliphatic heterocycles. The second-order valence-electron chi connectivity index (χ2n) is 6.18. The maximum Gasteiger partial charge on any atom is 0.251 e. The summed E-state index contributed by atoms with van der Waals surface area (Å²) < 4.78 is 5.10. The molecule has 0 radical (unpaired) electrons. The molecule has 0 saturated carbocycles. The Morgan fingerprint density at radius 3 is 2.48 bits per heavy atom. The summed E-state index contributed by atoms with van der Waals surface area (Å²) in [6.45, 7) is 0.307. The maximum atomic E-state index is 12.1. The van der Waals surface area contributed by atoms with Crippen molar-refractivity contribution in [1.82, 2.24) is 10.6 Å². The van der Waals surface area contributed by atoms with Crippen LogP contribution in [0.15, 0.2) is 48.5 Å². The first-order chi connectivity index (χ1) is 12.2.